The molecule has 1 aromatic rings. The van der Waals surface area contributed by atoms with Crippen LogP contribution in [0.1, 0.15) is 63.4 Å². The van der Waals surface area contributed by atoms with Gasteiger partial charge in [0.25, 0.3) is 0 Å². The monoisotopic (exact) mass is 206 g/mol. The molecular weight excluding hydrogens is 184 g/mol. The van der Waals surface area contributed by atoms with Crippen LogP contribution >= 0.6 is 0 Å². The Balaban J connectivity index is 2.18. The van der Waals surface area contributed by atoms with Crippen LogP contribution in [0.5, 0.6) is 0 Å². The maximum absolute atomic E-state index is 4.76. The van der Waals surface area contributed by atoms with Gasteiger partial charge in [-0.25, -0.2) is 4.98 Å². The van der Waals surface area contributed by atoms with Gasteiger partial charge in [0, 0.05) is 19.2 Å². The average molecular weight is 206 g/mol. The third kappa shape index (κ3) is 2.61. The Morgan fingerprint density at radius 2 is 1.87 bits per heavy atom. The van der Waals surface area contributed by atoms with Crippen molar-refractivity contribution in [1.29, 1.82) is 0 Å². The molecule has 0 bridgehead atoms. The number of hydrogen-bond acceptors (Lipinski definition) is 1. The van der Waals surface area contributed by atoms with Gasteiger partial charge in [-0.3, -0.25) is 0 Å². The minimum atomic E-state index is 0.563. The number of imidazole rings is 1. The fourth-order valence-electron chi connectivity index (χ4n) is 2.24. The molecule has 1 aromatic heterocycles. The Bertz CT molecular complexity index is 287. The number of hydrogen-bond donors (Lipinski definition) is 0. The van der Waals surface area contributed by atoms with E-state index < -0.39 is 0 Å². The zero-order valence-corrected chi connectivity index (χ0v) is 10.00. The smallest absolute Gasteiger partial charge is 0.108 e. The molecule has 0 aliphatic carbocycles. The van der Waals surface area contributed by atoms with Gasteiger partial charge in [-0.15, -0.1) is 0 Å². The van der Waals surface area contributed by atoms with Crippen LogP contribution in [0.25, 0.3) is 0 Å². The van der Waals surface area contributed by atoms with E-state index in [1.165, 1.54) is 56.6 Å². The first-order chi connectivity index (χ1) is 7.27. The van der Waals surface area contributed by atoms with Crippen molar-refractivity contribution in [2.75, 3.05) is 0 Å². The summed E-state index contributed by atoms with van der Waals surface area (Å²) >= 11 is 0. The molecule has 0 saturated heterocycles. The molecule has 1 aliphatic rings. The minimum Gasteiger partial charge on any atom is -0.335 e. The van der Waals surface area contributed by atoms with Crippen molar-refractivity contribution >= 4 is 0 Å². The van der Waals surface area contributed by atoms with E-state index in [4.69, 9.17) is 4.98 Å². The standard InChI is InChI=1S/C13H22N2/c1-11(2)12-10-15-9-7-5-3-4-6-8-13(15)14-12/h10-11H,3-9H2,1-2H3. The first-order valence-corrected chi connectivity index (χ1v) is 6.33. The Morgan fingerprint density at radius 1 is 1.13 bits per heavy atom. The zero-order valence-electron chi connectivity index (χ0n) is 10.00. The van der Waals surface area contributed by atoms with Crippen molar-refractivity contribution < 1.29 is 0 Å². The van der Waals surface area contributed by atoms with Crippen LogP contribution in [0.2, 0.25) is 0 Å². The molecule has 0 radical (unpaired) electrons. The topological polar surface area (TPSA) is 17.8 Å². The Morgan fingerprint density at radius 3 is 2.67 bits per heavy atom. The van der Waals surface area contributed by atoms with Crippen LogP contribution in [-0.2, 0) is 13.0 Å². The normalized spacial score (nSPS) is 18.1. The Labute approximate surface area is 92.7 Å². The molecule has 1 aliphatic heterocycles. The molecule has 2 heterocycles. The van der Waals surface area contributed by atoms with Crippen molar-refractivity contribution in [3.05, 3.63) is 17.7 Å². The van der Waals surface area contributed by atoms with Crippen molar-refractivity contribution in [3.63, 3.8) is 0 Å². The number of aromatic nitrogens is 2. The lowest BCUT2D eigenvalue weighted by molar-refractivity contribution is 0.584. The first-order valence-electron chi connectivity index (χ1n) is 6.33. The molecule has 15 heavy (non-hydrogen) atoms. The lowest BCUT2D eigenvalue weighted by atomic mass is 10.1. The number of nitrogens with zero attached hydrogens (tertiary/aromatic N) is 2. The maximum Gasteiger partial charge on any atom is 0.108 e. The first kappa shape index (κ1) is 10.7. The van der Waals surface area contributed by atoms with Gasteiger partial charge in [-0.2, -0.15) is 0 Å². The summed E-state index contributed by atoms with van der Waals surface area (Å²) in [4.78, 5) is 4.76. The quantitative estimate of drug-likeness (QED) is 0.687. The maximum atomic E-state index is 4.76. The summed E-state index contributed by atoms with van der Waals surface area (Å²) in [6.07, 6.45) is 10.2. The SMILES string of the molecule is CC(C)c1cn2c(n1)CCCCCCC2. The molecular formula is C13H22N2. The van der Waals surface area contributed by atoms with E-state index in [0.29, 0.717) is 5.92 Å². The van der Waals surface area contributed by atoms with Crippen LogP contribution in [0.15, 0.2) is 6.20 Å². The predicted molar refractivity (Wildman–Crippen MR) is 63.1 cm³/mol. The van der Waals surface area contributed by atoms with Gasteiger partial charge < -0.3 is 4.57 Å². The predicted octanol–water partition coefficient (Wildman–Crippen LogP) is 3.51. The van der Waals surface area contributed by atoms with Crippen molar-refractivity contribution in [1.82, 2.24) is 9.55 Å². The average Bonchev–Trinajstić information content (AvgIpc) is 2.61. The van der Waals surface area contributed by atoms with Crippen LogP contribution in [-0.4, -0.2) is 9.55 Å². The van der Waals surface area contributed by atoms with Crippen LogP contribution in [0.3, 0.4) is 0 Å². The molecule has 0 fully saturated rings. The van der Waals surface area contributed by atoms with Gasteiger partial charge in [-0.05, 0) is 18.8 Å². The van der Waals surface area contributed by atoms with Gasteiger partial charge in [0.05, 0.1) is 5.69 Å². The molecule has 0 spiro atoms. The summed E-state index contributed by atoms with van der Waals surface area (Å²) < 4.78 is 2.39. The fourth-order valence-corrected chi connectivity index (χ4v) is 2.24. The van der Waals surface area contributed by atoms with E-state index in [9.17, 15) is 0 Å². The Hall–Kier alpha value is -0.790. The molecule has 0 atom stereocenters. The van der Waals surface area contributed by atoms with Gasteiger partial charge in [0.1, 0.15) is 5.82 Å². The van der Waals surface area contributed by atoms with Gasteiger partial charge in [-0.1, -0.05) is 33.1 Å². The summed E-state index contributed by atoms with van der Waals surface area (Å²) in [5.41, 5.74) is 1.27. The second-order valence-corrected chi connectivity index (χ2v) is 4.95. The van der Waals surface area contributed by atoms with E-state index in [1.54, 1.807) is 0 Å². The zero-order chi connectivity index (χ0) is 10.7. The van der Waals surface area contributed by atoms with E-state index in [-0.39, 0.29) is 0 Å². The second-order valence-electron chi connectivity index (χ2n) is 4.95. The largest absolute Gasteiger partial charge is 0.335 e. The van der Waals surface area contributed by atoms with E-state index in [1.807, 2.05) is 0 Å². The summed E-state index contributed by atoms with van der Waals surface area (Å²) in [7, 11) is 0. The number of rotatable bonds is 1. The number of fused-ring (bicyclic) bond motifs is 1. The van der Waals surface area contributed by atoms with Crippen LogP contribution in [0.4, 0.5) is 0 Å². The highest BCUT2D eigenvalue weighted by Crippen LogP contribution is 2.18. The molecule has 0 N–H and O–H groups in total. The van der Waals surface area contributed by atoms with E-state index in [0.717, 1.165) is 0 Å². The molecule has 2 heteroatoms. The fraction of sp³-hybridized carbons (Fsp3) is 0.769. The van der Waals surface area contributed by atoms with Crippen molar-refractivity contribution in [3.8, 4) is 0 Å². The summed E-state index contributed by atoms with van der Waals surface area (Å²) in [5.74, 6) is 1.88. The second kappa shape index (κ2) is 4.82. The van der Waals surface area contributed by atoms with E-state index >= 15 is 0 Å². The van der Waals surface area contributed by atoms with Crippen LogP contribution < -0.4 is 0 Å². The molecule has 0 saturated carbocycles. The molecule has 2 nitrogen and oxygen atoms in total. The Kier molecular flexibility index (Phi) is 3.45. The highest BCUT2D eigenvalue weighted by molar-refractivity contribution is 5.08. The van der Waals surface area contributed by atoms with Gasteiger partial charge in [0.2, 0.25) is 0 Å². The third-order valence-electron chi connectivity index (χ3n) is 3.27. The summed E-state index contributed by atoms with van der Waals surface area (Å²) in [5, 5.41) is 0. The van der Waals surface area contributed by atoms with E-state index in [2.05, 4.69) is 24.6 Å². The summed E-state index contributed by atoms with van der Waals surface area (Å²) in [6, 6.07) is 0. The molecule has 0 unspecified atom stereocenters. The number of aryl methyl sites for hydroxylation is 2. The van der Waals surface area contributed by atoms with Crippen LogP contribution in [0, 0.1) is 0 Å². The van der Waals surface area contributed by atoms with Gasteiger partial charge in [0.15, 0.2) is 0 Å². The lowest BCUT2D eigenvalue weighted by Gasteiger charge is -2.03. The highest BCUT2D eigenvalue weighted by Gasteiger charge is 2.11. The van der Waals surface area contributed by atoms with Gasteiger partial charge >= 0.3 is 0 Å². The molecule has 2 rings (SSSR count). The van der Waals surface area contributed by atoms with Crippen molar-refractivity contribution in [2.45, 2.75) is 64.8 Å². The van der Waals surface area contributed by atoms with Crippen molar-refractivity contribution in [2.24, 2.45) is 0 Å². The molecule has 84 valence electrons. The third-order valence-corrected chi connectivity index (χ3v) is 3.27. The summed E-state index contributed by atoms with van der Waals surface area (Å²) in [6.45, 7) is 5.62. The highest BCUT2D eigenvalue weighted by atomic mass is 15.1. The minimum absolute atomic E-state index is 0.563. The molecule has 0 aromatic carbocycles. The molecule has 0 amide bonds. The lowest BCUT2D eigenvalue weighted by Crippen LogP contribution is -2.01.